The van der Waals surface area contributed by atoms with Gasteiger partial charge in [-0.1, -0.05) is 0 Å². The van der Waals surface area contributed by atoms with Crippen LogP contribution >= 0.6 is 0 Å². The van der Waals surface area contributed by atoms with Crippen molar-refractivity contribution in [3.8, 4) is 0 Å². The van der Waals surface area contributed by atoms with Gasteiger partial charge in [0.2, 0.25) is 0 Å². The molecular weight excluding hydrogens is 228 g/mol. The number of anilines is 1. The lowest BCUT2D eigenvalue weighted by Gasteiger charge is -2.26. The summed E-state index contributed by atoms with van der Waals surface area (Å²) in [5.74, 6) is 1.96. The molecule has 0 saturated heterocycles. The van der Waals surface area contributed by atoms with E-state index in [1.807, 2.05) is 13.2 Å². The largest absolute Gasteiger partial charge is 0.373 e. The van der Waals surface area contributed by atoms with Gasteiger partial charge < -0.3 is 9.88 Å². The molecule has 6 nitrogen and oxygen atoms in total. The van der Waals surface area contributed by atoms with E-state index in [1.54, 1.807) is 6.33 Å². The Kier molecular flexibility index (Phi) is 2.93. The van der Waals surface area contributed by atoms with Crippen LogP contribution in [0.2, 0.25) is 0 Å². The Hall–Kier alpha value is -1.95. The lowest BCUT2D eigenvalue weighted by atomic mass is 10.2. The van der Waals surface area contributed by atoms with Crippen molar-refractivity contribution >= 4 is 5.82 Å². The van der Waals surface area contributed by atoms with Gasteiger partial charge in [0.15, 0.2) is 0 Å². The molecule has 0 amide bonds. The Morgan fingerprint density at radius 1 is 1.39 bits per heavy atom. The number of pyridine rings is 1. The molecule has 3 heterocycles. The molecule has 0 atom stereocenters. The van der Waals surface area contributed by atoms with Crippen molar-refractivity contribution in [2.75, 3.05) is 18.9 Å². The minimum absolute atomic E-state index is 0.858. The van der Waals surface area contributed by atoms with E-state index in [0.717, 1.165) is 37.8 Å². The van der Waals surface area contributed by atoms with Gasteiger partial charge in [-0.3, -0.25) is 4.90 Å². The van der Waals surface area contributed by atoms with Crippen molar-refractivity contribution in [1.29, 1.82) is 0 Å². The maximum atomic E-state index is 4.22. The molecule has 0 bridgehead atoms. The number of fused-ring (bicyclic) bond motifs is 1. The quantitative estimate of drug-likeness (QED) is 0.862. The molecule has 0 aliphatic carbocycles. The standard InChI is InChI=1S/C12H16N6/c1-13-11-6-10(2-3-14-11)7-17-4-5-18-9-15-16-12(18)8-17/h2-3,6,9H,4-5,7-8H2,1H3,(H,13,14). The summed E-state index contributed by atoms with van der Waals surface area (Å²) in [7, 11) is 1.88. The fourth-order valence-corrected chi connectivity index (χ4v) is 2.22. The maximum absolute atomic E-state index is 4.22. The molecule has 0 fully saturated rings. The Bertz CT molecular complexity index is 535. The summed E-state index contributed by atoms with van der Waals surface area (Å²) in [6.45, 7) is 3.77. The van der Waals surface area contributed by atoms with Gasteiger partial charge >= 0.3 is 0 Å². The number of hydrogen-bond acceptors (Lipinski definition) is 5. The second-order valence-electron chi connectivity index (χ2n) is 4.45. The van der Waals surface area contributed by atoms with Gasteiger partial charge in [0.05, 0.1) is 6.54 Å². The highest BCUT2D eigenvalue weighted by molar-refractivity contribution is 5.36. The van der Waals surface area contributed by atoms with Gasteiger partial charge in [-0.05, 0) is 17.7 Å². The molecule has 0 spiro atoms. The summed E-state index contributed by atoms with van der Waals surface area (Å²) in [4.78, 5) is 6.60. The van der Waals surface area contributed by atoms with Crippen molar-refractivity contribution in [2.24, 2.45) is 0 Å². The first-order valence-electron chi connectivity index (χ1n) is 6.07. The molecule has 1 N–H and O–H groups in total. The molecule has 18 heavy (non-hydrogen) atoms. The molecule has 2 aromatic heterocycles. The summed E-state index contributed by atoms with van der Waals surface area (Å²) >= 11 is 0. The van der Waals surface area contributed by atoms with Gasteiger partial charge in [-0.15, -0.1) is 10.2 Å². The van der Waals surface area contributed by atoms with Crippen LogP contribution in [-0.4, -0.2) is 38.2 Å². The molecule has 0 radical (unpaired) electrons. The van der Waals surface area contributed by atoms with Crippen LogP contribution in [0.1, 0.15) is 11.4 Å². The fourth-order valence-electron chi connectivity index (χ4n) is 2.22. The van der Waals surface area contributed by atoms with Crippen LogP contribution in [0.15, 0.2) is 24.7 Å². The monoisotopic (exact) mass is 244 g/mol. The third-order valence-electron chi connectivity index (χ3n) is 3.20. The van der Waals surface area contributed by atoms with Crippen LogP contribution in [0.4, 0.5) is 5.82 Å². The van der Waals surface area contributed by atoms with E-state index in [9.17, 15) is 0 Å². The number of nitrogens with zero attached hydrogens (tertiary/aromatic N) is 5. The minimum Gasteiger partial charge on any atom is -0.373 e. The SMILES string of the molecule is CNc1cc(CN2CCn3cnnc3C2)ccn1. The Labute approximate surface area is 106 Å². The number of aromatic nitrogens is 4. The van der Waals surface area contributed by atoms with Crippen LogP contribution in [0.5, 0.6) is 0 Å². The molecule has 1 aliphatic rings. The number of rotatable bonds is 3. The molecule has 1 aliphatic heterocycles. The van der Waals surface area contributed by atoms with Crippen LogP contribution in [0.3, 0.4) is 0 Å². The predicted octanol–water partition coefficient (Wildman–Crippen LogP) is 0.731. The van der Waals surface area contributed by atoms with E-state index in [4.69, 9.17) is 0 Å². The zero-order valence-corrected chi connectivity index (χ0v) is 10.4. The first-order valence-corrected chi connectivity index (χ1v) is 6.07. The summed E-state index contributed by atoms with van der Waals surface area (Å²) < 4.78 is 2.11. The second kappa shape index (κ2) is 4.73. The average Bonchev–Trinajstić information content (AvgIpc) is 2.86. The minimum atomic E-state index is 0.858. The summed E-state index contributed by atoms with van der Waals surface area (Å²) in [5, 5.41) is 11.1. The molecule has 94 valence electrons. The zero-order valence-electron chi connectivity index (χ0n) is 10.4. The molecule has 0 aromatic carbocycles. The van der Waals surface area contributed by atoms with Crippen LogP contribution in [0.25, 0.3) is 0 Å². The van der Waals surface area contributed by atoms with Crippen LogP contribution in [-0.2, 0) is 19.6 Å². The summed E-state index contributed by atoms with van der Waals surface area (Å²) in [6, 6.07) is 4.14. The number of hydrogen-bond donors (Lipinski definition) is 1. The molecule has 0 saturated carbocycles. The maximum Gasteiger partial charge on any atom is 0.147 e. The van der Waals surface area contributed by atoms with Gasteiger partial charge in [0.1, 0.15) is 18.0 Å². The third-order valence-corrected chi connectivity index (χ3v) is 3.20. The summed E-state index contributed by atoms with van der Waals surface area (Å²) in [6.07, 6.45) is 3.64. The van der Waals surface area contributed by atoms with E-state index in [2.05, 4.69) is 42.1 Å². The van der Waals surface area contributed by atoms with Gasteiger partial charge in [-0.25, -0.2) is 4.98 Å². The van der Waals surface area contributed by atoms with Crippen molar-refractivity contribution < 1.29 is 0 Å². The van der Waals surface area contributed by atoms with Gasteiger partial charge in [0, 0.05) is 32.9 Å². The number of nitrogens with one attached hydrogen (secondary N) is 1. The molecule has 0 unspecified atom stereocenters. The van der Waals surface area contributed by atoms with Crippen LogP contribution < -0.4 is 5.32 Å². The predicted molar refractivity (Wildman–Crippen MR) is 67.9 cm³/mol. The fraction of sp³-hybridized carbons (Fsp3) is 0.417. The molecule has 2 aromatic rings. The van der Waals surface area contributed by atoms with E-state index in [1.165, 1.54) is 5.56 Å². The highest BCUT2D eigenvalue weighted by Gasteiger charge is 2.17. The van der Waals surface area contributed by atoms with Crippen LogP contribution in [0, 0.1) is 0 Å². The highest BCUT2D eigenvalue weighted by atomic mass is 15.3. The van der Waals surface area contributed by atoms with Crippen molar-refractivity contribution in [2.45, 2.75) is 19.6 Å². The van der Waals surface area contributed by atoms with Crippen molar-refractivity contribution in [3.05, 3.63) is 36.0 Å². The smallest absolute Gasteiger partial charge is 0.147 e. The van der Waals surface area contributed by atoms with E-state index >= 15 is 0 Å². The summed E-state index contributed by atoms with van der Waals surface area (Å²) in [5.41, 5.74) is 1.27. The first-order chi connectivity index (χ1) is 8.85. The average molecular weight is 244 g/mol. The Morgan fingerprint density at radius 2 is 2.33 bits per heavy atom. The normalized spacial score (nSPS) is 15.4. The lowest BCUT2D eigenvalue weighted by Crippen LogP contribution is -2.33. The van der Waals surface area contributed by atoms with Gasteiger partial charge in [-0.2, -0.15) is 0 Å². The van der Waals surface area contributed by atoms with Crippen molar-refractivity contribution in [1.82, 2.24) is 24.6 Å². The van der Waals surface area contributed by atoms with E-state index in [0.29, 0.717) is 0 Å². The third kappa shape index (κ3) is 2.19. The topological polar surface area (TPSA) is 58.9 Å². The van der Waals surface area contributed by atoms with Crippen molar-refractivity contribution in [3.63, 3.8) is 0 Å². The second-order valence-corrected chi connectivity index (χ2v) is 4.45. The Morgan fingerprint density at radius 3 is 3.22 bits per heavy atom. The zero-order chi connectivity index (χ0) is 12.4. The lowest BCUT2D eigenvalue weighted by molar-refractivity contribution is 0.209. The first kappa shape index (κ1) is 11.2. The van der Waals surface area contributed by atoms with Gasteiger partial charge in [0.25, 0.3) is 0 Å². The molecule has 6 heteroatoms. The molecular formula is C12H16N6. The van der Waals surface area contributed by atoms with E-state index in [-0.39, 0.29) is 0 Å². The van der Waals surface area contributed by atoms with E-state index < -0.39 is 0 Å². The molecule has 3 rings (SSSR count). The highest BCUT2D eigenvalue weighted by Crippen LogP contribution is 2.14. The Balaban J connectivity index is 1.70.